The van der Waals surface area contributed by atoms with E-state index in [1.807, 2.05) is 12.1 Å². The fourth-order valence-corrected chi connectivity index (χ4v) is 4.19. The Bertz CT molecular complexity index is 855. The lowest BCUT2D eigenvalue weighted by molar-refractivity contribution is 0.0706. The van der Waals surface area contributed by atoms with Gasteiger partial charge in [-0.2, -0.15) is 0 Å². The van der Waals surface area contributed by atoms with Crippen molar-refractivity contribution in [1.82, 2.24) is 14.8 Å². The zero-order valence-electron chi connectivity index (χ0n) is 16.7. The molecule has 0 aliphatic carbocycles. The van der Waals surface area contributed by atoms with Crippen LogP contribution in [0.5, 0.6) is 0 Å². The molecule has 1 aromatic carbocycles. The van der Waals surface area contributed by atoms with Crippen LogP contribution in [0, 0.1) is 11.6 Å². The van der Waals surface area contributed by atoms with Crippen molar-refractivity contribution in [2.24, 2.45) is 0 Å². The van der Waals surface area contributed by atoms with Gasteiger partial charge < -0.3 is 14.7 Å². The average molecular weight is 400 g/mol. The highest BCUT2D eigenvalue weighted by atomic mass is 19.1. The van der Waals surface area contributed by atoms with E-state index in [1.54, 1.807) is 11.0 Å². The fourth-order valence-electron chi connectivity index (χ4n) is 4.19. The molecule has 0 radical (unpaired) electrons. The molecule has 2 saturated heterocycles. The lowest BCUT2D eigenvalue weighted by Crippen LogP contribution is -2.45. The zero-order chi connectivity index (χ0) is 20.4. The molecule has 2 aliphatic rings. The van der Waals surface area contributed by atoms with E-state index in [0.29, 0.717) is 31.6 Å². The summed E-state index contributed by atoms with van der Waals surface area (Å²) >= 11 is 0. The number of hydrogen-bond donors (Lipinski definition) is 0. The molecule has 0 unspecified atom stereocenters. The number of carbonyl (C=O) groups excluding carboxylic acids is 1. The standard InChI is InChI=1S/C22H26F2N4O/c1-26-12-14-27(15-13-26)20-7-3-6-19(25-20)22(29)28-10-8-16(9-11-28)21-17(23)4-2-5-18(21)24/h2-7,16H,8-15H2,1H3. The SMILES string of the molecule is CN1CCN(c2cccc(C(=O)N3CCC(c4c(F)cccc4F)CC3)n2)CC1. The van der Waals surface area contributed by atoms with Crippen molar-refractivity contribution in [3.05, 3.63) is 59.3 Å². The second kappa shape index (κ2) is 8.45. The summed E-state index contributed by atoms with van der Waals surface area (Å²) in [7, 11) is 2.10. The van der Waals surface area contributed by atoms with Crippen molar-refractivity contribution in [2.75, 3.05) is 51.2 Å². The Morgan fingerprint density at radius 1 is 0.931 bits per heavy atom. The first kappa shape index (κ1) is 19.8. The third-order valence-electron chi connectivity index (χ3n) is 5.97. The van der Waals surface area contributed by atoms with Crippen molar-refractivity contribution in [2.45, 2.75) is 18.8 Å². The van der Waals surface area contributed by atoms with Crippen LogP contribution in [0.4, 0.5) is 14.6 Å². The number of piperidine rings is 1. The third-order valence-corrected chi connectivity index (χ3v) is 5.97. The van der Waals surface area contributed by atoms with E-state index in [9.17, 15) is 13.6 Å². The van der Waals surface area contributed by atoms with Gasteiger partial charge in [-0.25, -0.2) is 13.8 Å². The molecule has 0 N–H and O–H groups in total. The highest BCUT2D eigenvalue weighted by Gasteiger charge is 2.28. The first-order valence-electron chi connectivity index (χ1n) is 10.2. The highest BCUT2D eigenvalue weighted by Crippen LogP contribution is 2.32. The van der Waals surface area contributed by atoms with Gasteiger partial charge in [0.15, 0.2) is 0 Å². The van der Waals surface area contributed by atoms with E-state index in [0.717, 1.165) is 32.0 Å². The number of likely N-dealkylation sites (tertiary alicyclic amines) is 1. The van der Waals surface area contributed by atoms with Gasteiger partial charge in [0, 0.05) is 44.8 Å². The predicted molar refractivity (Wildman–Crippen MR) is 108 cm³/mol. The smallest absolute Gasteiger partial charge is 0.272 e. The molecule has 29 heavy (non-hydrogen) atoms. The minimum absolute atomic E-state index is 0.117. The summed E-state index contributed by atoms with van der Waals surface area (Å²) in [5.41, 5.74) is 0.576. The number of amides is 1. The number of anilines is 1. The van der Waals surface area contributed by atoms with Gasteiger partial charge in [0.05, 0.1) is 0 Å². The molecule has 5 nitrogen and oxygen atoms in total. The van der Waals surface area contributed by atoms with Gasteiger partial charge in [-0.15, -0.1) is 0 Å². The van der Waals surface area contributed by atoms with E-state index < -0.39 is 11.6 Å². The monoisotopic (exact) mass is 400 g/mol. The molecular weight excluding hydrogens is 374 g/mol. The Morgan fingerprint density at radius 3 is 2.21 bits per heavy atom. The van der Waals surface area contributed by atoms with Crippen LogP contribution in [0.3, 0.4) is 0 Å². The Hall–Kier alpha value is -2.54. The van der Waals surface area contributed by atoms with Crippen molar-refractivity contribution >= 4 is 11.7 Å². The van der Waals surface area contributed by atoms with Crippen LogP contribution in [0.2, 0.25) is 0 Å². The third kappa shape index (κ3) is 4.24. The molecule has 0 saturated carbocycles. The molecule has 0 spiro atoms. The first-order valence-corrected chi connectivity index (χ1v) is 10.2. The van der Waals surface area contributed by atoms with Crippen LogP contribution < -0.4 is 4.90 Å². The summed E-state index contributed by atoms with van der Waals surface area (Å²) in [6, 6.07) is 9.52. The van der Waals surface area contributed by atoms with Crippen LogP contribution in [0.25, 0.3) is 0 Å². The molecule has 1 aromatic heterocycles. The summed E-state index contributed by atoms with van der Waals surface area (Å²) < 4.78 is 28.1. The number of hydrogen-bond acceptors (Lipinski definition) is 4. The Kier molecular flexibility index (Phi) is 5.76. The normalized spacial score (nSPS) is 18.9. The number of aromatic nitrogens is 1. The fraction of sp³-hybridized carbons (Fsp3) is 0.455. The lowest BCUT2D eigenvalue weighted by atomic mass is 9.88. The molecule has 2 fully saturated rings. The van der Waals surface area contributed by atoms with Gasteiger partial charge in [-0.3, -0.25) is 4.79 Å². The van der Waals surface area contributed by atoms with Gasteiger partial charge >= 0.3 is 0 Å². The van der Waals surface area contributed by atoms with E-state index in [2.05, 4.69) is 21.8 Å². The van der Waals surface area contributed by atoms with E-state index in [1.165, 1.54) is 18.2 Å². The Morgan fingerprint density at radius 2 is 1.55 bits per heavy atom. The predicted octanol–water partition coefficient (Wildman–Crippen LogP) is 3.13. The second-order valence-corrected chi connectivity index (χ2v) is 7.87. The van der Waals surface area contributed by atoms with Crippen molar-refractivity contribution in [3.63, 3.8) is 0 Å². The number of benzene rings is 1. The largest absolute Gasteiger partial charge is 0.354 e. The number of likely N-dealkylation sites (N-methyl/N-ethyl adjacent to an activating group) is 1. The highest BCUT2D eigenvalue weighted by molar-refractivity contribution is 5.92. The average Bonchev–Trinajstić information content (AvgIpc) is 2.74. The molecule has 3 heterocycles. The van der Waals surface area contributed by atoms with Gasteiger partial charge in [-0.1, -0.05) is 12.1 Å². The lowest BCUT2D eigenvalue weighted by Gasteiger charge is -2.34. The molecule has 4 rings (SSSR count). The summed E-state index contributed by atoms with van der Waals surface area (Å²) in [6.07, 6.45) is 1.09. The Labute approximate surface area is 169 Å². The minimum atomic E-state index is -0.503. The van der Waals surface area contributed by atoms with E-state index >= 15 is 0 Å². The van der Waals surface area contributed by atoms with Gasteiger partial charge in [0.1, 0.15) is 23.1 Å². The Balaban J connectivity index is 1.42. The number of pyridine rings is 1. The topological polar surface area (TPSA) is 39.7 Å². The van der Waals surface area contributed by atoms with Crippen LogP contribution >= 0.6 is 0 Å². The quantitative estimate of drug-likeness (QED) is 0.794. The van der Waals surface area contributed by atoms with Gasteiger partial charge in [-0.05, 0) is 50.1 Å². The number of nitrogens with zero attached hydrogens (tertiary/aromatic N) is 4. The molecule has 1 amide bonds. The zero-order valence-corrected chi connectivity index (χ0v) is 16.7. The number of piperazine rings is 1. The van der Waals surface area contributed by atoms with Crippen molar-refractivity contribution in [3.8, 4) is 0 Å². The van der Waals surface area contributed by atoms with Crippen LogP contribution in [0.15, 0.2) is 36.4 Å². The number of carbonyl (C=O) groups is 1. The maximum absolute atomic E-state index is 14.1. The maximum Gasteiger partial charge on any atom is 0.272 e. The van der Waals surface area contributed by atoms with Gasteiger partial charge in [0.25, 0.3) is 5.91 Å². The summed E-state index contributed by atoms with van der Waals surface area (Å²) in [5, 5.41) is 0. The molecule has 154 valence electrons. The molecule has 0 bridgehead atoms. The second-order valence-electron chi connectivity index (χ2n) is 7.87. The van der Waals surface area contributed by atoms with Crippen LogP contribution in [0.1, 0.15) is 34.8 Å². The van der Waals surface area contributed by atoms with Crippen molar-refractivity contribution < 1.29 is 13.6 Å². The van der Waals surface area contributed by atoms with E-state index in [-0.39, 0.29) is 17.4 Å². The van der Waals surface area contributed by atoms with E-state index in [4.69, 9.17) is 0 Å². The van der Waals surface area contributed by atoms with Crippen LogP contribution in [-0.4, -0.2) is 67.0 Å². The summed E-state index contributed by atoms with van der Waals surface area (Å²) in [6.45, 7) is 4.66. The van der Waals surface area contributed by atoms with Crippen LogP contribution in [-0.2, 0) is 0 Å². The van der Waals surface area contributed by atoms with Crippen molar-refractivity contribution in [1.29, 1.82) is 0 Å². The maximum atomic E-state index is 14.1. The molecule has 2 aliphatic heterocycles. The molecule has 0 atom stereocenters. The number of halogens is 2. The summed E-state index contributed by atoms with van der Waals surface area (Å²) in [5.74, 6) is -0.502. The first-order chi connectivity index (χ1) is 14.0. The minimum Gasteiger partial charge on any atom is -0.354 e. The molecule has 7 heteroatoms. The van der Waals surface area contributed by atoms with Gasteiger partial charge in [0.2, 0.25) is 0 Å². The summed E-state index contributed by atoms with van der Waals surface area (Å²) in [4.78, 5) is 23.8. The molecule has 2 aromatic rings. The molecular formula is C22H26F2N4O. The number of rotatable bonds is 3.